The van der Waals surface area contributed by atoms with Crippen LogP contribution in [0.3, 0.4) is 0 Å². The first-order chi connectivity index (χ1) is 17.1. The first-order valence-corrected chi connectivity index (χ1v) is 15.9. The highest BCUT2D eigenvalue weighted by Gasteiger charge is 2.28. The lowest BCUT2D eigenvalue weighted by Gasteiger charge is -2.19. The third kappa shape index (κ3) is 21.2. The van der Waals surface area contributed by atoms with Gasteiger partial charge < -0.3 is 9.79 Å². The number of rotatable bonds is 3. The van der Waals surface area contributed by atoms with Gasteiger partial charge in [-0.15, -0.1) is 8.39 Å². The zero-order valence-electron chi connectivity index (χ0n) is 20.3. The third-order valence-corrected chi connectivity index (χ3v) is 6.14. The minimum absolute atomic E-state index is 0.0497. The second kappa shape index (κ2) is 15.7. The monoisotopic (exact) mass is 618 g/mol. The second-order valence-corrected chi connectivity index (χ2v) is 12.9. The van der Waals surface area contributed by atoms with Gasteiger partial charge in [-0.2, -0.15) is 4.20 Å². The van der Waals surface area contributed by atoms with Crippen LogP contribution in [0.2, 0.25) is 0 Å². The van der Waals surface area contributed by atoms with Gasteiger partial charge in [0.05, 0.1) is 10.9 Å². The van der Waals surface area contributed by atoms with E-state index in [-0.39, 0.29) is 16.3 Å². The van der Waals surface area contributed by atoms with Gasteiger partial charge in [0.15, 0.2) is 14.7 Å². The Morgan fingerprint density at radius 3 is 1.08 bits per heavy atom. The molecule has 0 radical (unpaired) electrons. The predicted molar refractivity (Wildman–Crippen MR) is 137 cm³/mol. The van der Waals surface area contributed by atoms with Crippen molar-refractivity contribution in [3.05, 3.63) is 90.5 Å². The molecule has 16 heteroatoms. The molecule has 0 heterocycles. The zero-order valence-corrected chi connectivity index (χ0v) is 23.8. The fraction of sp³-hybridized carbons (Fsp3) is 0.182. The van der Waals surface area contributed by atoms with E-state index in [4.69, 9.17) is 43.1 Å². The summed E-state index contributed by atoms with van der Waals surface area (Å²) in [5.74, 6) is 0. The molecule has 3 aromatic rings. The molecule has 38 heavy (non-hydrogen) atoms. The molecule has 1 atom stereocenters. The molecule has 0 saturated carbocycles. The third-order valence-electron chi connectivity index (χ3n) is 3.91. The lowest BCUT2D eigenvalue weighted by molar-refractivity contribution is -0.206. The van der Waals surface area contributed by atoms with Crippen molar-refractivity contribution in [3.63, 3.8) is 0 Å². The van der Waals surface area contributed by atoms with Crippen molar-refractivity contribution >= 4 is 34.6 Å². The van der Waals surface area contributed by atoms with E-state index >= 15 is 0 Å². The highest BCUT2D eigenvalue weighted by molar-refractivity contribution is 7.97. The van der Waals surface area contributed by atoms with Crippen molar-refractivity contribution in [3.8, 4) is 0 Å². The maximum absolute atomic E-state index is 10.4. The molecule has 0 amide bonds. The Morgan fingerprint density at radius 2 is 0.842 bits per heavy atom. The molecule has 0 saturated heterocycles. The summed E-state index contributed by atoms with van der Waals surface area (Å²) < 4.78 is 56.8. The van der Waals surface area contributed by atoms with E-state index < -0.39 is 23.7 Å². The molecule has 0 aromatic heterocycles. The maximum atomic E-state index is 10.4. The number of halogens is 3. The molecule has 9 nitrogen and oxygen atoms in total. The Kier molecular flexibility index (Phi) is 15.0. The van der Waals surface area contributed by atoms with Gasteiger partial charge in [0.2, 0.25) is 0 Å². The Morgan fingerprint density at radius 1 is 0.605 bits per heavy atom. The van der Waals surface area contributed by atoms with Crippen molar-refractivity contribution in [1.29, 1.82) is 0 Å². The minimum atomic E-state index is -5.39. The van der Waals surface area contributed by atoms with Gasteiger partial charge in [0.25, 0.3) is 0 Å². The highest BCUT2D eigenvalue weighted by Crippen LogP contribution is 2.35. The molecule has 0 aliphatic heterocycles. The summed E-state index contributed by atoms with van der Waals surface area (Å²) in [6.45, 7) is 6.78. The first kappa shape index (κ1) is 36.2. The van der Waals surface area contributed by atoms with Crippen LogP contribution >= 0.6 is 23.7 Å². The maximum Gasteiger partial charge on any atom is 0.507 e. The lowest BCUT2D eigenvalue weighted by Crippen LogP contribution is -2.11. The number of benzene rings is 3. The summed E-state index contributed by atoms with van der Waals surface area (Å²) in [4.78, 5) is 47.4. The molecule has 3 aromatic carbocycles. The van der Waals surface area contributed by atoms with E-state index in [0.29, 0.717) is 0 Å². The summed E-state index contributed by atoms with van der Waals surface area (Å²) in [5.41, 5.74) is 1.57. The molecule has 212 valence electrons. The summed E-state index contributed by atoms with van der Waals surface area (Å²) in [5, 5.41) is 0. The van der Waals surface area contributed by atoms with Gasteiger partial charge in [0, 0.05) is 0 Å². The molecule has 1 unspecified atom stereocenters. The molecule has 0 aliphatic carbocycles. The van der Waals surface area contributed by atoms with Crippen LogP contribution in [0.15, 0.2) is 99.6 Å². The summed E-state index contributed by atoms with van der Waals surface area (Å²) in [6.07, 6.45) is 0. The van der Waals surface area contributed by atoms with Gasteiger partial charge >= 0.3 is 23.7 Å². The Balaban J connectivity index is 0.000000751. The van der Waals surface area contributed by atoms with E-state index in [1.54, 1.807) is 0 Å². The standard InChI is InChI=1S/C22H23S.3FH2O3P/c1-22(2,3)18-14-16-21(17-15-18)23(19-10-6-4-7-11-19)20-12-8-5-9-13-20;3*1-5(2,3)4/h4-17H,1-3H3;3*(H2,2,3,4)/q+1;;;/p-1. The Bertz CT molecular complexity index is 1120. The summed E-state index contributed by atoms with van der Waals surface area (Å²) >= 11 is 0. The van der Waals surface area contributed by atoms with Crippen LogP contribution in [0.5, 0.6) is 0 Å². The number of hydrogen-bond acceptors (Lipinski definition) is 4. The molecule has 3 rings (SSSR count). The topological polar surface area (TPSA) is 175 Å². The van der Waals surface area contributed by atoms with Crippen LogP contribution in [0, 0.1) is 0 Å². The average Bonchev–Trinajstić information content (AvgIpc) is 2.72. The quantitative estimate of drug-likeness (QED) is 0.185. The van der Waals surface area contributed by atoms with E-state index in [9.17, 15) is 12.6 Å². The van der Waals surface area contributed by atoms with Crippen LogP contribution in [-0.4, -0.2) is 24.5 Å². The van der Waals surface area contributed by atoms with E-state index in [0.717, 1.165) is 0 Å². The second-order valence-electron chi connectivity index (χ2n) is 8.10. The molecular weight excluding hydrogens is 590 g/mol. The fourth-order valence-electron chi connectivity index (χ4n) is 2.61. The van der Waals surface area contributed by atoms with E-state index in [1.165, 1.54) is 20.2 Å². The van der Waals surface area contributed by atoms with E-state index in [1.807, 2.05) is 0 Å². The molecular formula is C22H28F3O9P3S. The minimum Gasteiger partial charge on any atom is -0.753 e. The van der Waals surface area contributed by atoms with Gasteiger partial charge in [-0.05, 0) is 47.4 Å². The summed E-state index contributed by atoms with van der Waals surface area (Å²) in [6, 6.07) is 30.7. The Hall–Kier alpha value is -1.75. The Labute approximate surface area is 221 Å². The zero-order chi connectivity index (χ0) is 29.8. The molecule has 0 fully saturated rings. The molecule has 0 spiro atoms. The van der Waals surface area contributed by atoms with Crippen molar-refractivity contribution in [2.45, 2.75) is 40.9 Å². The van der Waals surface area contributed by atoms with Crippen LogP contribution in [0.1, 0.15) is 26.3 Å². The van der Waals surface area contributed by atoms with Gasteiger partial charge in [-0.3, -0.25) is 24.1 Å². The molecule has 0 aliphatic rings. The fourth-order valence-corrected chi connectivity index (χ4v) is 4.70. The first-order valence-electron chi connectivity index (χ1n) is 10.2. The van der Waals surface area contributed by atoms with Gasteiger partial charge in [-0.25, -0.2) is 9.13 Å². The van der Waals surface area contributed by atoms with Crippen LogP contribution in [-0.2, 0) is 30.0 Å². The van der Waals surface area contributed by atoms with Crippen LogP contribution in [0.25, 0.3) is 0 Å². The van der Waals surface area contributed by atoms with Crippen LogP contribution < -0.4 is 4.89 Å². The smallest absolute Gasteiger partial charge is 0.507 e. The molecule has 0 bridgehead atoms. The lowest BCUT2D eigenvalue weighted by atomic mass is 9.87. The normalized spacial score (nSPS) is 13.0. The molecule has 5 N–H and O–H groups in total. The SMILES string of the molecule is CC(C)(C)c1ccc([S+](c2ccccc2)c2ccccc2)cc1.O=P(O)(O)F.O=P(O)(O)F.O=P([O-])(O)F. The highest BCUT2D eigenvalue weighted by atomic mass is 32.2. The van der Waals surface area contributed by atoms with Crippen molar-refractivity contribution < 1.29 is 55.6 Å². The van der Waals surface area contributed by atoms with Gasteiger partial charge in [0.1, 0.15) is 0 Å². The largest absolute Gasteiger partial charge is 0.753 e. The van der Waals surface area contributed by atoms with Crippen molar-refractivity contribution in [1.82, 2.24) is 0 Å². The van der Waals surface area contributed by atoms with E-state index in [2.05, 4.69) is 106 Å². The number of hydrogen-bond donors (Lipinski definition) is 5. The van der Waals surface area contributed by atoms with Crippen molar-refractivity contribution in [2.24, 2.45) is 0 Å². The summed E-state index contributed by atoms with van der Waals surface area (Å²) in [7, 11) is -15.7. The van der Waals surface area contributed by atoms with Gasteiger partial charge in [-0.1, -0.05) is 69.3 Å². The van der Waals surface area contributed by atoms with Crippen LogP contribution in [0.4, 0.5) is 12.6 Å². The van der Waals surface area contributed by atoms with Crippen molar-refractivity contribution in [2.75, 3.05) is 0 Å². The average molecular weight is 618 g/mol. The predicted octanol–water partition coefficient (Wildman–Crippen LogP) is 5.59.